The van der Waals surface area contributed by atoms with Crippen LogP contribution in [0.25, 0.3) is 0 Å². The molecule has 1 aliphatic rings. The van der Waals surface area contributed by atoms with Crippen LogP contribution in [0.2, 0.25) is 0 Å². The highest BCUT2D eigenvalue weighted by Crippen LogP contribution is 2.40. The molecular weight excluding hydrogens is 389 g/mol. The van der Waals surface area contributed by atoms with Crippen molar-refractivity contribution in [3.05, 3.63) is 40.9 Å². The predicted octanol–water partition coefficient (Wildman–Crippen LogP) is 1.51. The second-order valence-corrected chi connectivity index (χ2v) is 8.01. The number of rotatable bonds is 4. The molecule has 0 amide bonds. The van der Waals surface area contributed by atoms with Crippen LogP contribution in [0.4, 0.5) is 13.2 Å². The topological polar surface area (TPSA) is 85.0 Å². The number of pyridine rings is 1. The summed E-state index contributed by atoms with van der Waals surface area (Å²) in [6.07, 6.45) is -4.28. The van der Waals surface area contributed by atoms with Gasteiger partial charge in [-0.2, -0.15) is 13.2 Å². The van der Waals surface area contributed by atoms with E-state index >= 15 is 0 Å². The third-order valence-corrected chi connectivity index (χ3v) is 5.40. The van der Waals surface area contributed by atoms with Gasteiger partial charge in [-0.25, -0.2) is 4.98 Å². The highest BCUT2D eigenvalue weighted by Gasteiger charge is 2.55. The average molecular weight is 411 g/mol. The number of nitrogens with zero attached hydrogens (tertiary/aromatic N) is 1. The van der Waals surface area contributed by atoms with Gasteiger partial charge in [0.2, 0.25) is 0 Å². The van der Waals surface area contributed by atoms with Crippen molar-refractivity contribution in [1.82, 2.24) is 4.98 Å². The van der Waals surface area contributed by atoms with Crippen molar-refractivity contribution in [2.45, 2.75) is 58.4 Å². The minimum absolute atomic E-state index is 0.00829. The summed E-state index contributed by atoms with van der Waals surface area (Å²) in [6, 6.07) is 3.96. The van der Waals surface area contributed by atoms with Crippen molar-refractivity contribution in [3.63, 3.8) is 0 Å². The second kappa shape index (κ2) is 7.16. The molecule has 6 nitrogen and oxygen atoms in total. The summed E-state index contributed by atoms with van der Waals surface area (Å²) >= 11 is 0. The van der Waals surface area contributed by atoms with E-state index in [0.717, 1.165) is 6.07 Å². The van der Waals surface area contributed by atoms with Crippen LogP contribution < -0.4 is 11.1 Å². The summed E-state index contributed by atoms with van der Waals surface area (Å²) in [4.78, 5) is 3.55. The molecule has 11 heteroatoms. The molecule has 2 aromatic heterocycles. The van der Waals surface area contributed by atoms with E-state index in [9.17, 15) is 23.2 Å². The zero-order chi connectivity index (χ0) is 21.8. The molecular formula is C18H22B2F3NO5. The van der Waals surface area contributed by atoms with Gasteiger partial charge in [0.05, 0.1) is 11.2 Å². The van der Waals surface area contributed by atoms with Crippen LogP contribution in [-0.2, 0) is 21.9 Å². The maximum Gasteiger partial charge on any atom is 0.526 e. The van der Waals surface area contributed by atoms with Gasteiger partial charge >= 0.3 is 20.4 Å². The molecule has 0 spiro atoms. The zero-order valence-electron chi connectivity index (χ0n) is 16.8. The highest BCUT2D eigenvalue weighted by molar-refractivity contribution is 6.62. The fourth-order valence-corrected chi connectivity index (χ4v) is 3.37. The molecule has 29 heavy (non-hydrogen) atoms. The van der Waals surface area contributed by atoms with Gasteiger partial charge in [0.15, 0.2) is 0 Å². The van der Waals surface area contributed by atoms with E-state index in [-0.39, 0.29) is 16.8 Å². The smallest absolute Gasteiger partial charge is 0.470 e. The Morgan fingerprint density at radius 2 is 1.76 bits per heavy atom. The Bertz CT molecular complexity index is 915. The normalized spacial score (nSPS) is 21.7. The Hall–Kier alpha value is -1.81. The molecule has 0 radical (unpaired) electrons. The number of alkyl halides is 3. The molecule has 3 heterocycles. The molecule has 1 aliphatic heterocycles. The molecule has 0 aromatic carbocycles. The van der Waals surface area contributed by atoms with E-state index in [2.05, 4.69) is 4.98 Å². The molecule has 1 atom stereocenters. The molecule has 1 saturated heterocycles. The molecule has 0 saturated carbocycles. The maximum atomic E-state index is 13.1. The predicted molar refractivity (Wildman–Crippen MR) is 101 cm³/mol. The van der Waals surface area contributed by atoms with Gasteiger partial charge in [0, 0.05) is 12.1 Å². The van der Waals surface area contributed by atoms with E-state index in [4.69, 9.17) is 13.7 Å². The van der Waals surface area contributed by atoms with Crippen LogP contribution in [0, 0.1) is 13.8 Å². The SMILES string of the molecule is Cc1cc(B2OC(C)(C)C(C)(Cc3cc(B(O)O)oc3C)O2)cc(C(F)(F)F)n1. The maximum absolute atomic E-state index is 13.1. The Morgan fingerprint density at radius 1 is 1.10 bits per heavy atom. The largest absolute Gasteiger partial charge is 0.526 e. The number of halogens is 3. The van der Waals surface area contributed by atoms with Crippen molar-refractivity contribution in [1.29, 1.82) is 0 Å². The number of aromatic nitrogens is 1. The summed E-state index contributed by atoms with van der Waals surface area (Å²) < 4.78 is 56.9. The first-order chi connectivity index (χ1) is 13.2. The van der Waals surface area contributed by atoms with E-state index < -0.39 is 37.3 Å². The summed E-state index contributed by atoms with van der Waals surface area (Å²) in [5.74, 6) is 0.497. The van der Waals surface area contributed by atoms with E-state index in [1.807, 2.05) is 0 Å². The molecule has 1 fully saturated rings. The zero-order valence-corrected chi connectivity index (χ0v) is 16.8. The first kappa shape index (κ1) is 21.9. The van der Waals surface area contributed by atoms with Crippen LogP contribution in [0.3, 0.4) is 0 Å². The van der Waals surface area contributed by atoms with Crippen LogP contribution >= 0.6 is 0 Å². The first-order valence-corrected chi connectivity index (χ1v) is 9.08. The monoisotopic (exact) mass is 411 g/mol. The van der Waals surface area contributed by atoms with Gasteiger partial charge in [-0.1, -0.05) is 0 Å². The molecule has 0 bridgehead atoms. The fraction of sp³-hybridized carbons (Fsp3) is 0.500. The number of hydrogen-bond donors (Lipinski definition) is 2. The van der Waals surface area contributed by atoms with Crippen molar-refractivity contribution < 1.29 is 36.9 Å². The molecule has 2 N–H and O–H groups in total. The third kappa shape index (κ3) is 4.23. The van der Waals surface area contributed by atoms with E-state index in [1.54, 1.807) is 27.7 Å². The Labute approximate surface area is 167 Å². The second-order valence-electron chi connectivity index (χ2n) is 8.01. The average Bonchev–Trinajstić information content (AvgIpc) is 3.04. The number of furan rings is 1. The lowest BCUT2D eigenvalue weighted by atomic mass is 9.78. The summed E-state index contributed by atoms with van der Waals surface area (Å²) in [6.45, 7) is 8.56. The lowest BCUT2D eigenvalue weighted by Crippen LogP contribution is -2.46. The number of aryl methyl sites for hydroxylation is 2. The van der Waals surface area contributed by atoms with Crippen molar-refractivity contribution in [2.24, 2.45) is 0 Å². The summed E-state index contributed by atoms with van der Waals surface area (Å²) in [5.41, 5.74) is -1.63. The molecule has 3 rings (SSSR count). The standard InChI is InChI=1S/C18H22B2F3NO5/c1-10-6-13(8-14(24-10)18(21,22)23)20-28-16(3,4)17(5,29-20)9-12-7-15(19(25)26)27-11(12)2/h6-8,25-26H,9H2,1-5H3. The Morgan fingerprint density at radius 3 is 2.31 bits per heavy atom. The Balaban J connectivity index is 1.91. The lowest BCUT2D eigenvalue weighted by molar-refractivity contribution is -0.141. The fourth-order valence-electron chi connectivity index (χ4n) is 3.37. The number of hydrogen-bond acceptors (Lipinski definition) is 6. The van der Waals surface area contributed by atoms with Gasteiger partial charge in [-0.05, 0) is 63.8 Å². The quantitative estimate of drug-likeness (QED) is 0.743. The first-order valence-electron chi connectivity index (χ1n) is 9.08. The van der Waals surface area contributed by atoms with Crippen LogP contribution in [-0.4, -0.2) is 40.5 Å². The minimum Gasteiger partial charge on any atom is -0.470 e. The van der Waals surface area contributed by atoms with Crippen molar-refractivity contribution in [3.8, 4) is 0 Å². The van der Waals surface area contributed by atoms with Gasteiger partial charge in [0.25, 0.3) is 0 Å². The Kier molecular flexibility index (Phi) is 5.40. The van der Waals surface area contributed by atoms with E-state index in [0.29, 0.717) is 17.7 Å². The van der Waals surface area contributed by atoms with Crippen molar-refractivity contribution >= 4 is 25.4 Å². The van der Waals surface area contributed by atoms with Crippen LogP contribution in [0.5, 0.6) is 0 Å². The van der Waals surface area contributed by atoms with Crippen molar-refractivity contribution in [2.75, 3.05) is 0 Å². The van der Waals surface area contributed by atoms with Crippen LogP contribution in [0.15, 0.2) is 22.6 Å². The van der Waals surface area contributed by atoms with Crippen LogP contribution in [0.1, 0.15) is 43.5 Å². The minimum atomic E-state index is -4.58. The molecule has 1 unspecified atom stereocenters. The third-order valence-electron chi connectivity index (χ3n) is 5.40. The van der Waals surface area contributed by atoms with Gasteiger partial charge in [-0.3, -0.25) is 0 Å². The molecule has 156 valence electrons. The van der Waals surface area contributed by atoms with Gasteiger partial charge in [0.1, 0.15) is 17.1 Å². The molecule has 0 aliphatic carbocycles. The highest BCUT2D eigenvalue weighted by atomic mass is 19.4. The lowest BCUT2D eigenvalue weighted by Gasteiger charge is -2.36. The van der Waals surface area contributed by atoms with Gasteiger partial charge in [-0.15, -0.1) is 0 Å². The van der Waals surface area contributed by atoms with E-state index in [1.165, 1.54) is 19.1 Å². The summed E-state index contributed by atoms with van der Waals surface area (Å²) in [7, 11) is -2.75. The van der Waals surface area contributed by atoms with Gasteiger partial charge < -0.3 is 23.8 Å². The molecule has 2 aromatic rings. The summed E-state index contributed by atoms with van der Waals surface area (Å²) in [5, 5.41) is 18.6.